The van der Waals surface area contributed by atoms with Gasteiger partial charge in [-0.1, -0.05) is 0 Å². The standard InChI is InChI=1S/C13H22N4O/c1-3-18-11-4-6-17(7-5-11)9-13-15-10(2)8-12(14)16-13/h8,11H,3-7,9H2,1-2H3,(H2,14,15,16). The largest absolute Gasteiger partial charge is 0.384 e. The van der Waals surface area contributed by atoms with Crippen LogP contribution in [0.1, 0.15) is 31.3 Å². The van der Waals surface area contributed by atoms with E-state index in [4.69, 9.17) is 10.5 Å². The van der Waals surface area contributed by atoms with E-state index in [2.05, 4.69) is 21.8 Å². The number of rotatable bonds is 4. The molecular formula is C13H22N4O. The average molecular weight is 250 g/mol. The molecule has 2 rings (SSSR count). The van der Waals surface area contributed by atoms with Gasteiger partial charge in [-0.15, -0.1) is 0 Å². The van der Waals surface area contributed by atoms with E-state index in [-0.39, 0.29) is 0 Å². The normalized spacial score (nSPS) is 18.1. The zero-order valence-electron chi connectivity index (χ0n) is 11.2. The van der Waals surface area contributed by atoms with Crippen molar-refractivity contribution in [2.45, 2.75) is 39.3 Å². The molecule has 1 aromatic heterocycles. The second-order valence-electron chi connectivity index (χ2n) is 4.78. The molecule has 2 heterocycles. The average Bonchev–Trinajstić information content (AvgIpc) is 2.31. The Kier molecular flexibility index (Phi) is 4.49. The van der Waals surface area contributed by atoms with Gasteiger partial charge < -0.3 is 10.5 Å². The first-order valence-electron chi connectivity index (χ1n) is 6.61. The summed E-state index contributed by atoms with van der Waals surface area (Å²) in [6.45, 7) is 7.68. The Morgan fingerprint density at radius 1 is 1.39 bits per heavy atom. The van der Waals surface area contributed by atoms with Crippen LogP contribution in [0, 0.1) is 6.92 Å². The van der Waals surface area contributed by atoms with Crippen molar-refractivity contribution in [3.8, 4) is 0 Å². The lowest BCUT2D eigenvalue weighted by Gasteiger charge is -2.31. The molecule has 18 heavy (non-hydrogen) atoms. The summed E-state index contributed by atoms with van der Waals surface area (Å²) in [5.41, 5.74) is 6.67. The lowest BCUT2D eigenvalue weighted by molar-refractivity contribution is 0.0120. The second kappa shape index (κ2) is 6.11. The van der Waals surface area contributed by atoms with Crippen LogP contribution in [0.4, 0.5) is 5.82 Å². The van der Waals surface area contributed by atoms with Crippen LogP contribution in [0.15, 0.2) is 6.07 Å². The van der Waals surface area contributed by atoms with Crippen molar-refractivity contribution in [1.82, 2.24) is 14.9 Å². The Bertz CT molecular complexity index is 368. The highest BCUT2D eigenvalue weighted by molar-refractivity contribution is 5.29. The molecule has 1 aliphatic rings. The van der Waals surface area contributed by atoms with Gasteiger partial charge in [0.15, 0.2) is 0 Å². The second-order valence-corrected chi connectivity index (χ2v) is 4.78. The van der Waals surface area contributed by atoms with E-state index in [1.807, 2.05) is 6.92 Å². The lowest BCUT2D eigenvalue weighted by Crippen LogP contribution is -2.37. The lowest BCUT2D eigenvalue weighted by atomic mass is 10.1. The predicted octanol–water partition coefficient (Wildman–Crippen LogP) is 1.37. The van der Waals surface area contributed by atoms with E-state index < -0.39 is 0 Å². The summed E-state index contributed by atoms with van der Waals surface area (Å²) in [5.74, 6) is 1.38. The van der Waals surface area contributed by atoms with Gasteiger partial charge in [0.1, 0.15) is 11.6 Å². The highest BCUT2D eigenvalue weighted by Gasteiger charge is 2.19. The number of aromatic nitrogens is 2. The molecule has 5 nitrogen and oxygen atoms in total. The molecule has 1 aliphatic heterocycles. The Balaban J connectivity index is 1.87. The predicted molar refractivity (Wildman–Crippen MR) is 71.1 cm³/mol. The smallest absolute Gasteiger partial charge is 0.144 e. The van der Waals surface area contributed by atoms with Crippen molar-refractivity contribution in [3.05, 3.63) is 17.6 Å². The van der Waals surface area contributed by atoms with E-state index in [1.165, 1.54) is 0 Å². The highest BCUT2D eigenvalue weighted by Crippen LogP contribution is 2.15. The third kappa shape index (κ3) is 3.65. The van der Waals surface area contributed by atoms with Crippen LogP contribution < -0.4 is 5.73 Å². The first-order valence-corrected chi connectivity index (χ1v) is 6.61. The fourth-order valence-corrected chi connectivity index (χ4v) is 2.40. The van der Waals surface area contributed by atoms with E-state index in [0.717, 1.165) is 50.6 Å². The van der Waals surface area contributed by atoms with Gasteiger partial charge in [0.2, 0.25) is 0 Å². The van der Waals surface area contributed by atoms with Crippen molar-refractivity contribution < 1.29 is 4.74 Å². The van der Waals surface area contributed by atoms with Crippen LogP contribution >= 0.6 is 0 Å². The molecule has 1 aromatic rings. The molecule has 0 bridgehead atoms. The highest BCUT2D eigenvalue weighted by atomic mass is 16.5. The van der Waals surface area contributed by atoms with Gasteiger partial charge in [-0.2, -0.15) is 0 Å². The number of anilines is 1. The van der Waals surface area contributed by atoms with Crippen molar-refractivity contribution in [2.24, 2.45) is 0 Å². The number of nitrogens with zero attached hydrogens (tertiary/aromatic N) is 3. The summed E-state index contributed by atoms with van der Waals surface area (Å²) in [5, 5.41) is 0. The van der Waals surface area contributed by atoms with Gasteiger partial charge in [-0.25, -0.2) is 9.97 Å². The number of aryl methyl sites for hydroxylation is 1. The molecular weight excluding hydrogens is 228 g/mol. The molecule has 1 saturated heterocycles. The van der Waals surface area contributed by atoms with Crippen molar-refractivity contribution in [1.29, 1.82) is 0 Å². The minimum Gasteiger partial charge on any atom is -0.384 e. The monoisotopic (exact) mass is 250 g/mol. The Morgan fingerprint density at radius 3 is 2.72 bits per heavy atom. The van der Waals surface area contributed by atoms with Crippen molar-refractivity contribution >= 4 is 5.82 Å². The third-order valence-electron chi connectivity index (χ3n) is 3.22. The van der Waals surface area contributed by atoms with Gasteiger partial charge in [-0.3, -0.25) is 4.90 Å². The van der Waals surface area contributed by atoms with Crippen LogP contribution in [0.25, 0.3) is 0 Å². The molecule has 2 N–H and O–H groups in total. The molecule has 5 heteroatoms. The number of nitrogens with two attached hydrogens (primary N) is 1. The summed E-state index contributed by atoms with van der Waals surface area (Å²) >= 11 is 0. The first kappa shape index (κ1) is 13.2. The van der Waals surface area contributed by atoms with Crippen LogP contribution in [0.3, 0.4) is 0 Å². The molecule has 100 valence electrons. The summed E-state index contributed by atoms with van der Waals surface area (Å²) in [7, 11) is 0. The maximum absolute atomic E-state index is 5.74. The van der Waals surface area contributed by atoms with Crippen LogP contribution in [-0.4, -0.2) is 40.7 Å². The van der Waals surface area contributed by atoms with Crippen LogP contribution in [0.5, 0.6) is 0 Å². The first-order chi connectivity index (χ1) is 8.67. The molecule has 0 unspecified atom stereocenters. The van der Waals surface area contributed by atoms with Gasteiger partial charge in [0.25, 0.3) is 0 Å². The molecule has 0 atom stereocenters. The van der Waals surface area contributed by atoms with Gasteiger partial charge in [0.05, 0.1) is 12.6 Å². The molecule has 0 amide bonds. The van der Waals surface area contributed by atoms with Crippen LogP contribution in [0.2, 0.25) is 0 Å². The summed E-state index contributed by atoms with van der Waals surface area (Å²) in [4.78, 5) is 11.1. The molecule has 0 spiro atoms. The summed E-state index contributed by atoms with van der Waals surface area (Å²) in [6, 6.07) is 1.80. The fourth-order valence-electron chi connectivity index (χ4n) is 2.40. The minimum atomic E-state index is 0.426. The fraction of sp³-hybridized carbons (Fsp3) is 0.692. The zero-order valence-corrected chi connectivity index (χ0v) is 11.2. The van der Waals surface area contributed by atoms with Gasteiger partial charge in [0, 0.05) is 31.5 Å². The Hall–Kier alpha value is -1.20. The van der Waals surface area contributed by atoms with Crippen molar-refractivity contribution in [3.63, 3.8) is 0 Å². The Morgan fingerprint density at radius 2 is 2.11 bits per heavy atom. The maximum atomic E-state index is 5.74. The van der Waals surface area contributed by atoms with E-state index >= 15 is 0 Å². The number of likely N-dealkylation sites (tertiary alicyclic amines) is 1. The van der Waals surface area contributed by atoms with Crippen LogP contribution in [-0.2, 0) is 11.3 Å². The molecule has 0 aromatic carbocycles. The number of hydrogen-bond acceptors (Lipinski definition) is 5. The van der Waals surface area contributed by atoms with Gasteiger partial charge >= 0.3 is 0 Å². The Labute approximate surface area is 108 Å². The SMILES string of the molecule is CCOC1CCN(Cc2nc(C)cc(N)n2)CC1. The molecule has 0 radical (unpaired) electrons. The zero-order chi connectivity index (χ0) is 13.0. The maximum Gasteiger partial charge on any atom is 0.144 e. The summed E-state index contributed by atoms with van der Waals surface area (Å²) in [6.07, 6.45) is 2.61. The number of ether oxygens (including phenoxy) is 1. The quantitative estimate of drug-likeness (QED) is 0.874. The number of nitrogen functional groups attached to an aromatic ring is 1. The van der Waals surface area contributed by atoms with Crippen molar-refractivity contribution in [2.75, 3.05) is 25.4 Å². The molecule has 1 fully saturated rings. The third-order valence-corrected chi connectivity index (χ3v) is 3.22. The van der Waals surface area contributed by atoms with Gasteiger partial charge in [-0.05, 0) is 26.7 Å². The van der Waals surface area contributed by atoms with E-state index in [0.29, 0.717) is 11.9 Å². The molecule has 0 saturated carbocycles. The number of hydrogen-bond donors (Lipinski definition) is 1. The number of piperidine rings is 1. The minimum absolute atomic E-state index is 0.426. The van der Waals surface area contributed by atoms with E-state index in [1.54, 1.807) is 6.07 Å². The van der Waals surface area contributed by atoms with E-state index in [9.17, 15) is 0 Å². The topological polar surface area (TPSA) is 64.3 Å². The molecule has 0 aliphatic carbocycles. The summed E-state index contributed by atoms with van der Waals surface area (Å²) < 4.78 is 5.64.